The fourth-order valence-corrected chi connectivity index (χ4v) is 2.48. The number of aliphatic hydroxyl groups excluding tert-OH is 2. The Bertz CT molecular complexity index is 634. The second-order valence-electron chi connectivity index (χ2n) is 4.30. The van der Waals surface area contributed by atoms with E-state index in [4.69, 9.17) is 9.84 Å². The zero-order valence-corrected chi connectivity index (χ0v) is 13.3. The Kier molecular flexibility index (Phi) is 4.97. The van der Waals surface area contributed by atoms with E-state index in [9.17, 15) is 14.7 Å². The van der Waals surface area contributed by atoms with Crippen molar-refractivity contribution in [3.05, 3.63) is 36.0 Å². The van der Waals surface area contributed by atoms with Gasteiger partial charge in [-0.25, -0.2) is 4.79 Å². The number of nitrogens with one attached hydrogen (secondary N) is 1. The van der Waals surface area contributed by atoms with Crippen molar-refractivity contribution in [2.75, 3.05) is 6.61 Å². The van der Waals surface area contributed by atoms with Crippen LogP contribution in [0.25, 0.3) is 6.08 Å². The molecule has 9 heteroatoms. The molecular weight excluding hydrogens is 400 g/mol. The summed E-state index contributed by atoms with van der Waals surface area (Å²) in [5.41, 5.74) is -0.910. The van der Waals surface area contributed by atoms with Gasteiger partial charge in [0.1, 0.15) is 12.3 Å². The molecule has 1 aliphatic heterocycles. The van der Waals surface area contributed by atoms with Crippen LogP contribution in [-0.2, 0) is 4.74 Å². The molecule has 3 atom stereocenters. The van der Waals surface area contributed by atoms with Crippen LogP contribution in [0.15, 0.2) is 19.2 Å². The molecule has 3 N–H and O–H groups in total. The number of ether oxygens (including phenoxy) is 1. The van der Waals surface area contributed by atoms with E-state index in [2.05, 4.69) is 36.8 Å². The highest BCUT2D eigenvalue weighted by atomic mass is 79.9. The minimum absolute atomic E-state index is 0.163. The van der Waals surface area contributed by atoms with Gasteiger partial charge in [-0.1, -0.05) is 0 Å². The molecule has 0 unspecified atom stereocenters. The highest BCUT2D eigenvalue weighted by Gasteiger charge is 2.35. The lowest BCUT2D eigenvalue weighted by molar-refractivity contribution is -0.0459. The predicted molar refractivity (Wildman–Crippen MR) is 78.8 cm³/mol. The second-order valence-corrected chi connectivity index (χ2v) is 7.07. The van der Waals surface area contributed by atoms with E-state index in [0.717, 1.165) is 0 Å². The van der Waals surface area contributed by atoms with Crippen LogP contribution in [0.2, 0.25) is 0 Å². The van der Waals surface area contributed by atoms with Gasteiger partial charge in [-0.2, -0.15) is 0 Å². The fourth-order valence-electron chi connectivity index (χ4n) is 1.99. The monoisotopic (exact) mass is 410 g/mol. The van der Waals surface area contributed by atoms with Crippen molar-refractivity contribution < 1.29 is 14.9 Å². The van der Waals surface area contributed by atoms with Gasteiger partial charge in [0.25, 0.3) is 5.56 Å². The van der Waals surface area contributed by atoms with Crippen molar-refractivity contribution in [1.82, 2.24) is 9.55 Å². The Labute approximate surface area is 130 Å². The summed E-state index contributed by atoms with van der Waals surface area (Å²) in [5.74, 6) is 0. The van der Waals surface area contributed by atoms with Crippen molar-refractivity contribution in [1.29, 1.82) is 0 Å². The standard InChI is InChI=1S/C11H12Br2N2O5/c12-8(13)1-5-3-15(11(19)14-10(5)18)9-2-6(17)7(4-16)20-9/h1,3,6-7,9,16-17H,2,4H2,(H,14,18,19)/t6-,7+,9+/m0/s1. The first-order valence-electron chi connectivity index (χ1n) is 5.75. The van der Waals surface area contributed by atoms with E-state index in [1.807, 2.05) is 0 Å². The first-order valence-corrected chi connectivity index (χ1v) is 7.33. The van der Waals surface area contributed by atoms with Crippen LogP contribution < -0.4 is 11.2 Å². The summed E-state index contributed by atoms with van der Waals surface area (Å²) >= 11 is 6.27. The molecule has 0 spiro atoms. The third-order valence-corrected chi connectivity index (χ3v) is 3.41. The topological polar surface area (TPSA) is 105 Å². The highest BCUT2D eigenvalue weighted by molar-refractivity contribution is 9.28. The highest BCUT2D eigenvalue weighted by Crippen LogP contribution is 2.27. The van der Waals surface area contributed by atoms with Crippen molar-refractivity contribution >= 4 is 37.9 Å². The molecule has 1 aromatic heterocycles. The number of aromatic nitrogens is 2. The first kappa shape index (κ1) is 15.6. The van der Waals surface area contributed by atoms with Crippen LogP contribution in [0, 0.1) is 0 Å². The maximum absolute atomic E-state index is 11.8. The van der Waals surface area contributed by atoms with Crippen molar-refractivity contribution in [3.8, 4) is 0 Å². The predicted octanol–water partition coefficient (Wildman–Crippen LogP) is 0.266. The van der Waals surface area contributed by atoms with Crippen molar-refractivity contribution in [3.63, 3.8) is 0 Å². The number of rotatable bonds is 3. The van der Waals surface area contributed by atoms with E-state index in [1.165, 1.54) is 16.8 Å². The van der Waals surface area contributed by atoms with Crippen molar-refractivity contribution in [2.45, 2.75) is 24.9 Å². The van der Waals surface area contributed by atoms with Gasteiger partial charge < -0.3 is 14.9 Å². The third kappa shape index (κ3) is 3.29. The van der Waals surface area contributed by atoms with Crippen LogP contribution in [0.1, 0.15) is 18.2 Å². The zero-order chi connectivity index (χ0) is 14.9. The number of nitrogens with zero attached hydrogens (tertiary/aromatic N) is 1. The molecule has 0 saturated carbocycles. The summed E-state index contributed by atoms with van der Waals surface area (Å²) in [6.45, 7) is -0.338. The number of H-pyrrole nitrogens is 1. The zero-order valence-electron chi connectivity index (χ0n) is 10.1. The van der Waals surface area contributed by atoms with Crippen LogP contribution in [0.3, 0.4) is 0 Å². The number of hydrogen-bond donors (Lipinski definition) is 3. The molecular formula is C11H12Br2N2O5. The van der Waals surface area contributed by atoms with Crippen LogP contribution in [-0.4, -0.2) is 38.6 Å². The molecule has 1 aromatic rings. The summed E-state index contributed by atoms with van der Waals surface area (Å²) < 4.78 is 7.12. The quantitative estimate of drug-likeness (QED) is 0.662. The molecule has 20 heavy (non-hydrogen) atoms. The lowest BCUT2D eigenvalue weighted by Crippen LogP contribution is -2.33. The molecule has 0 aliphatic carbocycles. The van der Waals surface area contributed by atoms with E-state index in [1.54, 1.807) is 0 Å². The van der Waals surface area contributed by atoms with E-state index < -0.39 is 29.7 Å². The third-order valence-electron chi connectivity index (χ3n) is 2.95. The minimum Gasteiger partial charge on any atom is -0.394 e. The van der Waals surface area contributed by atoms with Gasteiger partial charge in [-0.15, -0.1) is 0 Å². The minimum atomic E-state index is -0.856. The average molecular weight is 412 g/mol. The van der Waals surface area contributed by atoms with Gasteiger partial charge >= 0.3 is 5.69 Å². The number of aromatic amines is 1. The van der Waals surface area contributed by atoms with Gasteiger partial charge in [0.15, 0.2) is 0 Å². The Morgan fingerprint density at radius 3 is 2.80 bits per heavy atom. The second kappa shape index (κ2) is 6.35. The smallest absolute Gasteiger partial charge is 0.330 e. The summed E-state index contributed by atoms with van der Waals surface area (Å²) in [6.07, 6.45) is 0.680. The molecule has 110 valence electrons. The Balaban J connectivity index is 2.40. The molecule has 2 rings (SSSR count). The Morgan fingerprint density at radius 1 is 1.55 bits per heavy atom. The Hall–Kier alpha value is -0.740. The molecule has 2 heterocycles. The molecule has 0 amide bonds. The lowest BCUT2D eigenvalue weighted by atomic mass is 10.2. The van der Waals surface area contributed by atoms with Gasteiger partial charge in [-0.05, 0) is 37.9 Å². The normalized spacial score (nSPS) is 25.7. The average Bonchev–Trinajstić information content (AvgIpc) is 2.73. The number of hydrogen-bond acceptors (Lipinski definition) is 5. The molecule has 1 saturated heterocycles. The lowest BCUT2D eigenvalue weighted by Gasteiger charge is -2.14. The van der Waals surface area contributed by atoms with E-state index in [-0.39, 0.29) is 18.6 Å². The van der Waals surface area contributed by atoms with Crippen LogP contribution >= 0.6 is 31.9 Å². The summed E-state index contributed by atoms with van der Waals surface area (Å²) in [4.78, 5) is 25.6. The maximum atomic E-state index is 11.8. The van der Waals surface area contributed by atoms with E-state index >= 15 is 0 Å². The molecule has 0 aromatic carbocycles. The fraction of sp³-hybridized carbons (Fsp3) is 0.455. The number of halogens is 2. The molecule has 0 radical (unpaired) electrons. The summed E-state index contributed by atoms with van der Waals surface area (Å²) in [6, 6.07) is 0. The summed E-state index contributed by atoms with van der Waals surface area (Å²) in [5, 5.41) is 18.7. The van der Waals surface area contributed by atoms with Gasteiger partial charge in [0.05, 0.1) is 21.7 Å². The van der Waals surface area contributed by atoms with Crippen LogP contribution in [0.4, 0.5) is 0 Å². The van der Waals surface area contributed by atoms with Crippen LogP contribution in [0.5, 0.6) is 0 Å². The SMILES string of the molecule is O=c1[nH]c(=O)n([C@H]2C[C@H](O)[C@@H](CO)O2)cc1C=C(Br)Br. The Morgan fingerprint density at radius 2 is 2.25 bits per heavy atom. The first-order chi connectivity index (χ1) is 9.42. The van der Waals surface area contributed by atoms with Crippen molar-refractivity contribution in [2.24, 2.45) is 0 Å². The molecule has 0 bridgehead atoms. The maximum Gasteiger partial charge on any atom is 0.330 e. The number of aliphatic hydroxyl groups is 2. The molecule has 1 aliphatic rings. The van der Waals surface area contributed by atoms with Gasteiger partial charge in [0, 0.05) is 12.6 Å². The molecule has 7 nitrogen and oxygen atoms in total. The van der Waals surface area contributed by atoms with E-state index in [0.29, 0.717) is 3.39 Å². The molecule has 1 fully saturated rings. The summed E-state index contributed by atoms with van der Waals surface area (Å²) in [7, 11) is 0. The largest absolute Gasteiger partial charge is 0.394 e. The van der Waals surface area contributed by atoms with Gasteiger partial charge in [0.2, 0.25) is 0 Å². The van der Waals surface area contributed by atoms with Gasteiger partial charge in [-0.3, -0.25) is 14.3 Å².